The number of amides is 1. The second kappa shape index (κ2) is 5.68. The molecule has 7 nitrogen and oxygen atoms in total. The molecule has 0 aliphatic heterocycles. The smallest absolute Gasteiger partial charge is 0.306 e. The maximum atomic E-state index is 12.0. The molecule has 1 aliphatic carbocycles. The summed E-state index contributed by atoms with van der Waals surface area (Å²) in [6, 6.07) is 5.88. The van der Waals surface area contributed by atoms with Crippen LogP contribution in [0, 0.1) is 22.0 Å². The van der Waals surface area contributed by atoms with Gasteiger partial charge in [-0.1, -0.05) is 12.1 Å². The fourth-order valence-electron chi connectivity index (χ4n) is 2.42. The molecular weight excluding hydrogens is 264 g/mol. The van der Waals surface area contributed by atoms with Crippen molar-refractivity contribution in [3.05, 3.63) is 34.4 Å². The summed E-state index contributed by atoms with van der Waals surface area (Å²) in [5.74, 6) is -2.17. The van der Waals surface area contributed by atoms with E-state index in [1.54, 1.807) is 6.07 Å². The molecule has 20 heavy (non-hydrogen) atoms. The number of benzene rings is 1. The number of rotatable bonds is 4. The van der Waals surface area contributed by atoms with Gasteiger partial charge in [0.2, 0.25) is 5.91 Å². The number of carboxylic acid groups (broad SMARTS) is 1. The summed E-state index contributed by atoms with van der Waals surface area (Å²) in [6.07, 6.45) is 1.23. The SMILES string of the molecule is O=C(O)C1CCC(C(=O)Nc2ccccc2[N+](=O)[O-])C1. The maximum absolute atomic E-state index is 12.0. The molecule has 0 spiro atoms. The predicted octanol–water partition coefficient (Wildman–Crippen LogP) is 2.03. The molecule has 2 unspecified atom stereocenters. The van der Waals surface area contributed by atoms with Crippen LogP contribution in [0.1, 0.15) is 19.3 Å². The lowest BCUT2D eigenvalue weighted by Gasteiger charge is -2.10. The third-order valence-electron chi connectivity index (χ3n) is 3.51. The fourth-order valence-corrected chi connectivity index (χ4v) is 2.42. The maximum Gasteiger partial charge on any atom is 0.306 e. The fraction of sp³-hybridized carbons (Fsp3) is 0.385. The van der Waals surface area contributed by atoms with Crippen molar-refractivity contribution in [1.29, 1.82) is 0 Å². The number of nitrogens with one attached hydrogen (secondary N) is 1. The van der Waals surface area contributed by atoms with Crippen molar-refractivity contribution in [2.45, 2.75) is 19.3 Å². The van der Waals surface area contributed by atoms with Gasteiger partial charge in [-0.2, -0.15) is 0 Å². The van der Waals surface area contributed by atoms with Gasteiger partial charge >= 0.3 is 5.97 Å². The number of hydrogen-bond acceptors (Lipinski definition) is 4. The average molecular weight is 278 g/mol. The topological polar surface area (TPSA) is 110 Å². The van der Waals surface area contributed by atoms with Crippen LogP contribution in [0.25, 0.3) is 0 Å². The number of carbonyl (C=O) groups is 2. The van der Waals surface area contributed by atoms with Gasteiger partial charge in [-0.15, -0.1) is 0 Å². The van der Waals surface area contributed by atoms with Gasteiger partial charge in [-0.05, 0) is 25.3 Å². The highest BCUT2D eigenvalue weighted by atomic mass is 16.6. The van der Waals surface area contributed by atoms with Gasteiger partial charge < -0.3 is 10.4 Å². The van der Waals surface area contributed by atoms with E-state index >= 15 is 0 Å². The van der Waals surface area contributed by atoms with Crippen LogP contribution in [0.5, 0.6) is 0 Å². The summed E-state index contributed by atoms with van der Waals surface area (Å²) in [7, 11) is 0. The highest BCUT2D eigenvalue weighted by Gasteiger charge is 2.34. The zero-order valence-electron chi connectivity index (χ0n) is 10.6. The Hall–Kier alpha value is -2.44. The van der Waals surface area contributed by atoms with Crippen LogP contribution < -0.4 is 5.32 Å². The average Bonchev–Trinajstić information content (AvgIpc) is 2.89. The van der Waals surface area contributed by atoms with Gasteiger partial charge in [-0.3, -0.25) is 19.7 Å². The van der Waals surface area contributed by atoms with Crippen molar-refractivity contribution in [3.8, 4) is 0 Å². The Kier molecular flexibility index (Phi) is 3.97. The molecule has 0 radical (unpaired) electrons. The second-order valence-electron chi connectivity index (χ2n) is 4.81. The summed E-state index contributed by atoms with van der Waals surface area (Å²) in [5, 5.41) is 22.3. The minimum Gasteiger partial charge on any atom is -0.481 e. The summed E-state index contributed by atoms with van der Waals surface area (Å²) in [5.41, 5.74) is -0.0325. The van der Waals surface area contributed by atoms with Crippen LogP contribution in [-0.4, -0.2) is 21.9 Å². The van der Waals surface area contributed by atoms with Crippen LogP contribution in [0.4, 0.5) is 11.4 Å². The number of nitro groups is 1. The molecule has 0 bridgehead atoms. The molecule has 1 fully saturated rings. The van der Waals surface area contributed by atoms with Crippen LogP contribution in [0.2, 0.25) is 0 Å². The zero-order valence-corrected chi connectivity index (χ0v) is 10.6. The number of hydrogen-bond donors (Lipinski definition) is 2. The van der Waals surface area contributed by atoms with E-state index in [0.717, 1.165) is 0 Å². The number of anilines is 1. The Morgan fingerprint density at radius 3 is 2.50 bits per heavy atom. The monoisotopic (exact) mass is 278 g/mol. The molecule has 106 valence electrons. The van der Waals surface area contributed by atoms with Crippen molar-refractivity contribution in [2.24, 2.45) is 11.8 Å². The van der Waals surface area contributed by atoms with Crippen molar-refractivity contribution in [3.63, 3.8) is 0 Å². The largest absolute Gasteiger partial charge is 0.481 e. The molecule has 1 aromatic rings. The van der Waals surface area contributed by atoms with Crippen molar-refractivity contribution in [1.82, 2.24) is 0 Å². The number of aliphatic carboxylic acids is 1. The summed E-state index contributed by atoms with van der Waals surface area (Å²) in [4.78, 5) is 33.2. The van der Waals surface area contributed by atoms with Gasteiger partial charge in [0.25, 0.3) is 5.69 Å². The van der Waals surface area contributed by atoms with E-state index in [4.69, 9.17) is 5.11 Å². The molecule has 0 saturated heterocycles. The van der Waals surface area contributed by atoms with Crippen LogP contribution in [0.3, 0.4) is 0 Å². The Bertz CT molecular complexity index is 557. The molecule has 1 aromatic carbocycles. The number of carbonyl (C=O) groups excluding carboxylic acids is 1. The first-order valence-electron chi connectivity index (χ1n) is 6.26. The molecule has 7 heteroatoms. The van der Waals surface area contributed by atoms with E-state index in [1.165, 1.54) is 18.2 Å². The number of para-hydroxylation sites is 2. The molecule has 0 heterocycles. The lowest BCUT2D eigenvalue weighted by molar-refractivity contribution is -0.383. The van der Waals surface area contributed by atoms with Gasteiger partial charge in [-0.25, -0.2) is 0 Å². The third-order valence-corrected chi connectivity index (χ3v) is 3.51. The Morgan fingerprint density at radius 2 is 1.90 bits per heavy atom. The molecular formula is C13H14N2O5. The standard InChI is InChI=1S/C13H14N2O5/c16-12(8-5-6-9(7-8)13(17)18)14-10-3-1-2-4-11(10)15(19)20/h1-4,8-9H,5-7H2,(H,14,16)(H,17,18). The quantitative estimate of drug-likeness (QED) is 0.646. The number of carboxylic acids is 1. The normalized spacial score (nSPS) is 21.4. The van der Waals surface area contributed by atoms with Crippen LogP contribution in [0.15, 0.2) is 24.3 Å². The summed E-state index contributed by atoms with van der Waals surface area (Å²) < 4.78 is 0. The van der Waals surface area contributed by atoms with Crippen molar-refractivity contribution >= 4 is 23.3 Å². The van der Waals surface area contributed by atoms with E-state index in [9.17, 15) is 19.7 Å². The van der Waals surface area contributed by atoms with Crippen molar-refractivity contribution in [2.75, 3.05) is 5.32 Å². The van der Waals surface area contributed by atoms with E-state index in [2.05, 4.69) is 5.32 Å². The Morgan fingerprint density at radius 1 is 1.25 bits per heavy atom. The Balaban J connectivity index is 2.06. The number of nitro benzene ring substituents is 1. The zero-order chi connectivity index (χ0) is 14.7. The minimum atomic E-state index is -0.897. The molecule has 2 rings (SSSR count). The van der Waals surface area contributed by atoms with Crippen LogP contribution >= 0.6 is 0 Å². The first-order valence-corrected chi connectivity index (χ1v) is 6.26. The predicted molar refractivity (Wildman–Crippen MR) is 70.2 cm³/mol. The van der Waals surface area contributed by atoms with E-state index in [-0.39, 0.29) is 23.7 Å². The van der Waals surface area contributed by atoms with Crippen molar-refractivity contribution < 1.29 is 19.6 Å². The van der Waals surface area contributed by atoms with Gasteiger partial charge in [0, 0.05) is 12.0 Å². The van der Waals surface area contributed by atoms with E-state index in [0.29, 0.717) is 12.8 Å². The van der Waals surface area contributed by atoms with E-state index < -0.39 is 22.7 Å². The highest BCUT2D eigenvalue weighted by Crippen LogP contribution is 2.33. The lowest BCUT2D eigenvalue weighted by atomic mass is 10.0. The molecule has 0 aromatic heterocycles. The molecule has 2 N–H and O–H groups in total. The first-order chi connectivity index (χ1) is 9.49. The molecule has 1 aliphatic rings. The van der Waals surface area contributed by atoms with Gasteiger partial charge in [0.05, 0.1) is 10.8 Å². The summed E-state index contributed by atoms with van der Waals surface area (Å²) in [6.45, 7) is 0. The summed E-state index contributed by atoms with van der Waals surface area (Å²) >= 11 is 0. The van der Waals surface area contributed by atoms with Gasteiger partial charge in [0.1, 0.15) is 5.69 Å². The van der Waals surface area contributed by atoms with Gasteiger partial charge in [0.15, 0.2) is 0 Å². The molecule has 1 saturated carbocycles. The van der Waals surface area contributed by atoms with Crippen LogP contribution in [-0.2, 0) is 9.59 Å². The second-order valence-corrected chi connectivity index (χ2v) is 4.81. The minimum absolute atomic E-state index is 0.140. The first kappa shape index (κ1) is 14.0. The number of nitrogens with zero attached hydrogens (tertiary/aromatic N) is 1. The molecule has 2 atom stereocenters. The van der Waals surface area contributed by atoms with E-state index in [1.807, 2.05) is 0 Å². The Labute approximate surface area is 114 Å². The third kappa shape index (κ3) is 2.93. The lowest BCUT2D eigenvalue weighted by Crippen LogP contribution is -2.22. The molecule has 1 amide bonds. The highest BCUT2D eigenvalue weighted by molar-refractivity contribution is 5.95.